The van der Waals surface area contributed by atoms with Gasteiger partial charge < -0.3 is 20.5 Å². The molecule has 3 unspecified atom stereocenters. The second-order valence-electron chi connectivity index (χ2n) is 8.01. The first-order chi connectivity index (χ1) is 12.0. The van der Waals surface area contributed by atoms with E-state index >= 15 is 0 Å². The zero-order valence-corrected chi connectivity index (χ0v) is 19.1. The Labute approximate surface area is 176 Å². The Morgan fingerprint density at radius 3 is 2.69 bits per heavy atom. The predicted molar refractivity (Wildman–Crippen MR) is 118 cm³/mol. The lowest BCUT2D eigenvalue weighted by molar-refractivity contribution is 0.00715. The van der Waals surface area contributed by atoms with Gasteiger partial charge in [0.25, 0.3) is 0 Å². The zero-order valence-electron chi connectivity index (χ0n) is 16.8. The third-order valence-corrected chi connectivity index (χ3v) is 5.51. The van der Waals surface area contributed by atoms with E-state index in [1.807, 2.05) is 0 Å². The number of ether oxygens (including phenoxy) is 1. The van der Waals surface area contributed by atoms with E-state index in [0.717, 1.165) is 71.2 Å². The van der Waals surface area contributed by atoms with E-state index in [4.69, 9.17) is 9.73 Å². The second kappa shape index (κ2) is 12.4. The highest BCUT2D eigenvalue weighted by Gasteiger charge is 2.35. The number of nitrogens with zero attached hydrogens (tertiary/aromatic N) is 2. The maximum Gasteiger partial charge on any atom is 0.191 e. The van der Waals surface area contributed by atoms with Crippen molar-refractivity contribution in [2.24, 2.45) is 16.3 Å². The number of hydrogen-bond donors (Lipinski definition) is 3. The fraction of sp³-hybridized carbons (Fsp3) is 0.947. The Bertz CT molecular complexity index is 418. The third kappa shape index (κ3) is 7.86. The van der Waals surface area contributed by atoms with E-state index in [0.29, 0.717) is 12.5 Å². The summed E-state index contributed by atoms with van der Waals surface area (Å²) in [4.78, 5) is 7.25. The van der Waals surface area contributed by atoms with E-state index in [9.17, 15) is 5.11 Å². The van der Waals surface area contributed by atoms with Gasteiger partial charge in [-0.05, 0) is 25.7 Å². The van der Waals surface area contributed by atoms with Gasteiger partial charge in [0.2, 0.25) is 0 Å². The molecule has 6 nitrogen and oxygen atoms in total. The smallest absolute Gasteiger partial charge is 0.191 e. The van der Waals surface area contributed by atoms with Gasteiger partial charge in [-0.15, -0.1) is 24.0 Å². The summed E-state index contributed by atoms with van der Waals surface area (Å²) in [7, 11) is 0. The van der Waals surface area contributed by atoms with Crippen LogP contribution in [0.2, 0.25) is 0 Å². The Morgan fingerprint density at radius 2 is 2.04 bits per heavy atom. The van der Waals surface area contributed by atoms with Crippen molar-refractivity contribution in [1.29, 1.82) is 0 Å². The quantitative estimate of drug-likeness (QED) is 0.295. The topological polar surface area (TPSA) is 69.1 Å². The van der Waals surface area contributed by atoms with Crippen molar-refractivity contribution in [3.63, 3.8) is 0 Å². The standard InChI is InChI=1S/C19H38N4O2.HI/c1-4-20-18(22-15-19(3)8-6-5-7-17(19)24)21-13-16(2)14-23-9-11-25-12-10-23;/h16-17,24H,4-15H2,1-3H3,(H2,20,21,22);1H. The number of rotatable bonds is 7. The monoisotopic (exact) mass is 482 g/mol. The first-order valence-electron chi connectivity index (χ1n) is 10.0. The lowest BCUT2D eigenvalue weighted by Gasteiger charge is -2.37. The van der Waals surface area contributed by atoms with Crippen molar-refractivity contribution in [2.45, 2.75) is 52.6 Å². The molecule has 0 radical (unpaired) electrons. The molecular formula is C19H39IN4O2. The number of halogens is 1. The molecule has 1 saturated heterocycles. The molecule has 26 heavy (non-hydrogen) atoms. The number of morpholine rings is 1. The number of guanidine groups is 1. The van der Waals surface area contributed by atoms with Gasteiger partial charge in [0, 0.05) is 38.1 Å². The summed E-state index contributed by atoms with van der Waals surface area (Å²) in [5.41, 5.74) is -0.0833. The van der Waals surface area contributed by atoms with E-state index in [1.165, 1.54) is 6.42 Å². The fourth-order valence-electron chi connectivity index (χ4n) is 3.73. The number of aliphatic imine (C=N–C) groups is 1. The summed E-state index contributed by atoms with van der Waals surface area (Å²) in [5, 5.41) is 17.2. The number of nitrogens with one attached hydrogen (secondary N) is 2. The van der Waals surface area contributed by atoms with Gasteiger partial charge in [0.1, 0.15) is 0 Å². The summed E-state index contributed by atoms with van der Waals surface area (Å²) < 4.78 is 5.41. The summed E-state index contributed by atoms with van der Waals surface area (Å²) in [6, 6.07) is 0. The van der Waals surface area contributed by atoms with Crippen LogP contribution in [0.3, 0.4) is 0 Å². The van der Waals surface area contributed by atoms with E-state index in [1.54, 1.807) is 0 Å². The molecule has 1 aliphatic carbocycles. The van der Waals surface area contributed by atoms with Crippen LogP contribution in [-0.2, 0) is 4.74 Å². The van der Waals surface area contributed by atoms with E-state index < -0.39 is 0 Å². The minimum Gasteiger partial charge on any atom is -0.392 e. The first-order valence-corrected chi connectivity index (χ1v) is 10.0. The normalized spacial score (nSPS) is 28.9. The maximum absolute atomic E-state index is 10.3. The average molecular weight is 482 g/mol. The van der Waals surface area contributed by atoms with Crippen LogP contribution >= 0.6 is 24.0 Å². The first kappa shape index (κ1) is 23.9. The minimum absolute atomic E-state index is 0. The highest BCUT2D eigenvalue weighted by Crippen LogP contribution is 2.36. The third-order valence-electron chi connectivity index (χ3n) is 5.51. The number of aliphatic hydroxyl groups is 1. The molecule has 2 rings (SSSR count). The summed E-state index contributed by atoms with van der Waals surface area (Å²) in [6.07, 6.45) is 4.08. The van der Waals surface area contributed by atoms with Crippen LogP contribution in [0, 0.1) is 11.3 Å². The van der Waals surface area contributed by atoms with Gasteiger partial charge >= 0.3 is 0 Å². The number of aliphatic hydroxyl groups excluding tert-OH is 1. The van der Waals surface area contributed by atoms with Gasteiger partial charge in [0.15, 0.2) is 5.96 Å². The Kier molecular flexibility index (Phi) is 11.4. The molecule has 3 atom stereocenters. The summed E-state index contributed by atoms with van der Waals surface area (Å²) in [5.74, 6) is 1.42. The SMILES string of the molecule is CCNC(=NCC1(C)CCCCC1O)NCC(C)CN1CCOCC1.I. The molecule has 1 heterocycles. The van der Waals surface area contributed by atoms with Crippen molar-refractivity contribution in [3.8, 4) is 0 Å². The molecule has 0 aromatic carbocycles. The Hall–Kier alpha value is -0.120. The van der Waals surface area contributed by atoms with Crippen molar-refractivity contribution in [1.82, 2.24) is 15.5 Å². The summed E-state index contributed by atoms with van der Waals surface area (Å²) in [6.45, 7) is 13.8. The molecule has 2 fully saturated rings. The Morgan fingerprint density at radius 1 is 1.31 bits per heavy atom. The molecule has 154 valence electrons. The molecular weight excluding hydrogens is 443 g/mol. The molecule has 1 aliphatic heterocycles. The molecule has 0 aromatic rings. The van der Waals surface area contributed by atoms with Gasteiger partial charge in [-0.25, -0.2) is 0 Å². The number of hydrogen-bond acceptors (Lipinski definition) is 4. The van der Waals surface area contributed by atoms with Crippen LogP contribution in [0.4, 0.5) is 0 Å². The predicted octanol–water partition coefficient (Wildman–Crippen LogP) is 2.07. The largest absolute Gasteiger partial charge is 0.392 e. The molecule has 1 saturated carbocycles. The van der Waals surface area contributed by atoms with Gasteiger partial charge in [-0.2, -0.15) is 0 Å². The van der Waals surface area contributed by atoms with Crippen LogP contribution in [0.15, 0.2) is 4.99 Å². The van der Waals surface area contributed by atoms with Crippen LogP contribution < -0.4 is 10.6 Å². The molecule has 0 spiro atoms. The minimum atomic E-state index is -0.229. The van der Waals surface area contributed by atoms with Crippen LogP contribution in [-0.4, -0.2) is 74.6 Å². The average Bonchev–Trinajstić information content (AvgIpc) is 2.61. The van der Waals surface area contributed by atoms with Gasteiger partial charge in [0.05, 0.1) is 25.9 Å². The van der Waals surface area contributed by atoms with Crippen LogP contribution in [0.1, 0.15) is 46.5 Å². The summed E-state index contributed by atoms with van der Waals surface area (Å²) >= 11 is 0. The van der Waals surface area contributed by atoms with Gasteiger partial charge in [-0.3, -0.25) is 9.89 Å². The van der Waals surface area contributed by atoms with Crippen LogP contribution in [0.5, 0.6) is 0 Å². The Balaban J connectivity index is 0.00000338. The van der Waals surface area contributed by atoms with E-state index in [2.05, 4.69) is 36.3 Å². The highest BCUT2D eigenvalue weighted by atomic mass is 127. The fourth-order valence-corrected chi connectivity index (χ4v) is 3.73. The molecule has 0 aromatic heterocycles. The van der Waals surface area contributed by atoms with Crippen LogP contribution in [0.25, 0.3) is 0 Å². The van der Waals surface area contributed by atoms with Crippen molar-refractivity contribution < 1.29 is 9.84 Å². The molecule has 0 amide bonds. The molecule has 0 bridgehead atoms. The van der Waals surface area contributed by atoms with Gasteiger partial charge in [-0.1, -0.05) is 26.7 Å². The molecule has 7 heteroatoms. The maximum atomic E-state index is 10.3. The lowest BCUT2D eigenvalue weighted by Crippen LogP contribution is -2.45. The van der Waals surface area contributed by atoms with Crippen molar-refractivity contribution in [2.75, 3.05) is 52.5 Å². The lowest BCUT2D eigenvalue weighted by atomic mass is 9.73. The van der Waals surface area contributed by atoms with E-state index in [-0.39, 0.29) is 35.5 Å². The highest BCUT2D eigenvalue weighted by molar-refractivity contribution is 14.0. The molecule has 2 aliphatic rings. The van der Waals surface area contributed by atoms with Crippen molar-refractivity contribution >= 4 is 29.9 Å². The molecule has 3 N–H and O–H groups in total. The van der Waals surface area contributed by atoms with Crippen molar-refractivity contribution in [3.05, 3.63) is 0 Å². The second-order valence-corrected chi connectivity index (χ2v) is 8.01. The zero-order chi connectivity index (χ0) is 18.1.